The molecule has 2 heterocycles. The molecule has 7 heteroatoms. The van der Waals surface area contributed by atoms with Crippen molar-refractivity contribution >= 4 is 23.1 Å². The van der Waals surface area contributed by atoms with Gasteiger partial charge in [0.1, 0.15) is 5.82 Å². The molecule has 1 fully saturated rings. The Morgan fingerprint density at radius 2 is 1.68 bits per heavy atom. The molecule has 176 valence electrons. The molecule has 1 aromatic heterocycles. The van der Waals surface area contributed by atoms with E-state index in [4.69, 9.17) is 5.73 Å². The lowest BCUT2D eigenvalue weighted by molar-refractivity contribution is 0.0837. The smallest absolute Gasteiger partial charge is 0.258 e. The second-order valence-corrected chi connectivity index (χ2v) is 8.63. The van der Waals surface area contributed by atoms with E-state index in [1.54, 1.807) is 53.7 Å². The van der Waals surface area contributed by atoms with Crippen molar-refractivity contribution in [3.05, 3.63) is 90.0 Å². The summed E-state index contributed by atoms with van der Waals surface area (Å²) in [4.78, 5) is 34.2. The second-order valence-electron chi connectivity index (χ2n) is 8.63. The Hall–Kier alpha value is -3.58. The Bertz CT molecular complexity index is 1100. The Labute approximate surface area is 199 Å². The van der Waals surface area contributed by atoms with E-state index in [0.29, 0.717) is 23.4 Å². The number of nitrogens with zero attached hydrogens (tertiary/aromatic N) is 3. The van der Waals surface area contributed by atoms with Gasteiger partial charge in [-0.1, -0.05) is 0 Å². The minimum Gasteiger partial charge on any atom is -0.399 e. The molecule has 1 aliphatic rings. The SMILES string of the molecule is Nc1ccc(C(=O)N(CCCN2CCC(C(=O)c3ccc(F)cc3)CC2)c2cccnc2)cc1. The first kappa shape index (κ1) is 23.6. The van der Waals surface area contributed by atoms with Gasteiger partial charge in [-0.25, -0.2) is 4.39 Å². The maximum absolute atomic E-state index is 13.2. The number of aromatic nitrogens is 1. The average molecular weight is 461 g/mol. The lowest BCUT2D eigenvalue weighted by Crippen LogP contribution is -2.39. The Morgan fingerprint density at radius 1 is 1.00 bits per heavy atom. The summed E-state index contributed by atoms with van der Waals surface area (Å²) in [5.41, 5.74) is 8.30. The number of ketones is 1. The van der Waals surface area contributed by atoms with E-state index in [2.05, 4.69) is 9.88 Å². The number of piperidine rings is 1. The fraction of sp³-hybridized carbons (Fsp3) is 0.296. The molecule has 4 rings (SSSR count). The van der Waals surface area contributed by atoms with Gasteiger partial charge in [0.15, 0.2) is 5.78 Å². The van der Waals surface area contributed by atoms with Gasteiger partial charge in [-0.15, -0.1) is 0 Å². The maximum atomic E-state index is 13.2. The van der Waals surface area contributed by atoms with Crippen LogP contribution in [0.4, 0.5) is 15.8 Å². The zero-order valence-electron chi connectivity index (χ0n) is 19.1. The first-order valence-electron chi connectivity index (χ1n) is 11.6. The summed E-state index contributed by atoms with van der Waals surface area (Å²) in [5, 5.41) is 0. The van der Waals surface area contributed by atoms with Gasteiger partial charge < -0.3 is 15.5 Å². The van der Waals surface area contributed by atoms with E-state index >= 15 is 0 Å². The molecule has 1 aliphatic heterocycles. The molecular weight excluding hydrogens is 431 g/mol. The minimum absolute atomic E-state index is 0.0271. The number of amides is 1. The van der Waals surface area contributed by atoms with Gasteiger partial charge >= 0.3 is 0 Å². The number of benzene rings is 2. The highest BCUT2D eigenvalue weighted by molar-refractivity contribution is 6.06. The molecule has 0 bridgehead atoms. The van der Waals surface area contributed by atoms with Crippen LogP contribution in [0.5, 0.6) is 0 Å². The number of hydrogen-bond acceptors (Lipinski definition) is 5. The van der Waals surface area contributed by atoms with Crippen molar-refractivity contribution in [1.29, 1.82) is 0 Å². The number of Topliss-reactive ketones (excluding diaryl/α,β-unsaturated/α-hetero) is 1. The molecule has 6 nitrogen and oxygen atoms in total. The van der Waals surface area contributed by atoms with Gasteiger partial charge in [-0.3, -0.25) is 14.6 Å². The molecule has 1 amide bonds. The van der Waals surface area contributed by atoms with Gasteiger partial charge in [0, 0.05) is 35.5 Å². The topological polar surface area (TPSA) is 79.5 Å². The largest absolute Gasteiger partial charge is 0.399 e. The van der Waals surface area contributed by atoms with Crippen molar-refractivity contribution in [2.75, 3.05) is 36.8 Å². The summed E-state index contributed by atoms with van der Waals surface area (Å²) in [6.07, 6.45) is 5.75. The van der Waals surface area contributed by atoms with Crippen LogP contribution < -0.4 is 10.6 Å². The number of halogens is 1. The van der Waals surface area contributed by atoms with Crippen molar-refractivity contribution < 1.29 is 14.0 Å². The molecule has 0 spiro atoms. The molecule has 1 saturated heterocycles. The molecule has 2 aromatic carbocycles. The maximum Gasteiger partial charge on any atom is 0.258 e. The van der Waals surface area contributed by atoms with Gasteiger partial charge in [-0.2, -0.15) is 0 Å². The highest BCUT2D eigenvalue weighted by atomic mass is 19.1. The summed E-state index contributed by atoms with van der Waals surface area (Å²) < 4.78 is 13.1. The number of likely N-dealkylation sites (tertiary alicyclic amines) is 1. The summed E-state index contributed by atoms with van der Waals surface area (Å²) in [5.74, 6) is -0.352. The fourth-order valence-electron chi connectivity index (χ4n) is 4.36. The summed E-state index contributed by atoms with van der Waals surface area (Å²) >= 11 is 0. The third kappa shape index (κ3) is 5.85. The third-order valence-corrected chi connectivity index (χ3v) is 6.30. The van der Waals surface area contributed by atoms with Crippen LogP contribution in [0.1, 0.15) is 40.0 Å². The van der Waals surface area contributed by atoms with Gasteiger partial charge in [0.05, 0.1) is 11.9 Å². The predicted octanol–water partition coefficient (Wildman–Crippen LogP) is 4.43. The fourth-order valence-corrected chi connectivity index (χ4v) is 4.36. The molecule has 0 atom stereocenters. The highest BCUT2D eigenvalue weighted by Gasteiger charge is 2.26. The van der Waals surface area contributed by atoms with Crippen LogP contribution >= 0.6 is 0 Å². The van der Waals surface area contributed by atoms with Crippen LogP contribution in [-0.2, 0) is 0 Å². The van der Waals surface area contributed by atoms with Crippen LogP contribution in [-0.4, -0.2) is 47.8 Å². The van der Waals surface area contributed by atoms with E-state index in [1.165, 1.54) is 12.1 Å². The Kier molecular flexibility index (Phi) is 7.65. The molecule has 3 aromatic rings. The molecule has 2 N–H and O–H groups in total. The zero-order chi connectivity index (χ0) is 23.9. The molecule has 0 radical (unpaired) electrons. The number of pyridine rings is 1. The van der Waals surface area contributed by atoms with E-state index in [9.17, 15) is 14.0 Å². The van der Waals surface area contributed by atoms with E-state index in [1.807, 2.05) is 12.1 Å². The molecule has 0 unspecified atom stereocenters. The first-order chi connectivity index (χ1) is 16.5. The predicted molar refractivity (Wildman–Crippen MR) is 131 cm³/mol. The van der Waals surface area contributed by atoms with Gasteiger partial charge in [0.25, 0.3) is 5.91 Å². The highest BCUT2D eigenvalue weighted by Crippen LogP contribution is 2.23. The van der Waals surface area contributed by atoms with Gasteiger partial charge in [-0.05, 0) is 99.6 Å². The van der Waals surface area contributed by atoms with Crippen LogP contribution in [0, 0.1) is 11.7 Å². The minimum atomic E-state index is -0.332. The summed E-state index contributed by atoms with van der Waals surface area (Å²) in [7, 11) is 0. The van der Waals surface area contributed by atoms with Crippen LogP contribution in [0.2, 0.25) is 0 Å². The Balaban J connectivity index is 1.31. The molecule has 0 aliphatic carbocycles. The van der Waals surface area contributed by atoms with Crippen LogP contribution in [0.3, 0.4) is 0 Å². The quantitative estimate of drug-likeness (QED) is 0.397. The number of carbonyl (C=O) groups excluding carboxylic acids is 2. The lowest BCUT2D eigenvalue weighted by atomic mass is 9.89. The number of nitrogen functional groups attached to an aromatic ring is 1. The number of hydrogen-bond donors (Lipinski definition) is 1. The molecule has 0 saturated carbocycles. The normalized spacial score (nSPS) is 14.6. The van der Waals surface area contributed by atoms with Crippen molar-refractivity contribution in [1.82, 2.24) is 9.88 Å². The number of anilines is 2. The summed E-state index contributed by atoms with van der Waals surface area (Å²) in [6, 6.07) is 16.4. The third-order valence-electron chi connectivity index (χ3n) is 6.30. The average Bonchev–Trinajstić information content (AvgIpc) is 2.88. The monoisotopic (exact) mass is 460 g/mol. The molecular formula is C27H29FN4O2. The summed E-state index contributed by atoms with van der Waals surface area (Å²) in [6.45, 7) is 3.05. The zero-order valence-corrected chi connectivity index (χ0v) is 19.1. The standard InChI is InChI=1S/C27H29FN4O2/c28-23-8-4-20(5-9-23)26(33)21-12-17-31(18-13-21)15-2-16-32(25-3-1-14-30-19-25)27(34)22-6-10-24(29)11-7-22/h1,3-11,14,19,21H,2,12-13,15-18,29H2. The van der Waals surface area contributed by atoms with E-state index in [-0.39, 0.29) is 23.4 Å². The molecule has 34 heavy (non-hydrogen) atoms. The first-order valence-corrected chi connectivity index (χ1v) is 11.6. The number of carbonyl (C=O) groups is 2. The second kappa shape index (κ2) is 11.0. The van der Waals surface area contributed by atoms with Crippen molar-refractivity contribution in [3.63, 3.8) is 0 Å². The van der Waals surface area contributed by atoms with E-state index < -0.39 is 0 Å². The Morgan fingerprint density at radius 3 is 2.32 bits per heavy atom. The van der Waals surface area contributed by atoms with Crippen molar-refractivity contribution in [2.45, 2.75) is 19.3 Å². The van der Waals surface area contributed by atoms with Gasteiger partial charge in [0.2, 0.25) is 0 Å². The van der Waals surface area contributed by atoms with E-state index in [0.717, 1.165) is 44.6 Å². The number of nitrogens with two attached hydrogens (primary N) is 1. The van der Waals surface area contributed by atoms with Crippen molar-refractivity contribution in [2.24, 2.45) is 5.92 Å². The van der Waals surface area contributed by atoms with Crippen LogP contribution in [0.15, 0.2) is 73.1 Å². The van der Waals surface area contributed by atoms with Crippen molar-refractivity contribution in [3.8, 4) is 0 Å². The lowest BCUT2D eigenvalue weighted by Gasteiger charge is -2.32. The number of rotatable bonds is 8. The van der Waals surface area contributed by atoms with Crippen LogP contribution in [0.25, 0.3) is 0 Å².